The van der Waals surface area contributed by atoms with Gasteiger partial charge in [0.15, 0.2) is 0 Å². The van der Waals surface area contributed by atoms with Gasteiger partial charge in [0.1, 0.15) is 5.75 Å². The molecule has 2 aromatic heterocycles. The molecule has 8 nitrogen and oxygen atoms in total. The van der Waals surface area contributed by atoms with Crippen LogP contribution in [0.2, 0.25) is 0 Å². The summed E-state index contributed by atoms with van der Waals surface area (Å²) in [7, 11) is -2.80. The third kappa shape index (κ3) is 5.68. The molecule has 34 heavy (non-hydrogen) atoms. The Morgan fingerprint density at radius 2 is 2.00 bits per heavy atom. The van der Waals surface area contributed by atoms with Crippen molar-refractivity contribution in [3.05, 3.63) is 55.2 Å². The molecule has 1 aliphatic carbocycles. The van der Waals surface area contributed by atoms with Crippen molar-refractivity contribution in [3.63, 3.8) is 0 Å². The molecule has 2 unspecified atom stereocenters. The molecule has 1 saturated carbocycles. The van der Waals surface area contributed by atoms with Gasteiger partial charge in [-0.05, 0) is 55.5 Å². The first-order valence-electron chi connectivity index (χ1n) is 10.5. The lowest BCUT2D eigenvalue weighted by Gasteiger charge is -2.30. The fourth-order valence-corrected chi connectivity index (χ4v) is 5.51. The normalized spacial score (nSPS) is 19.1. The summed E-state index contributed by atoms with van der Waals surface area (Å²) in [4.78, 5) is 7.73. The van der Waals surface area contributed by atoms with E-state index in [4.69, 9.17) is 4.74 Å². The number of aromatic nitrogens is 3. The average molecular weight is 497 g/mol. The summed E-state index contributed by atoms with van der Waals surface area (Å²) in [5.74, 6) is -0.519. The van der Waals surface area contributed by atoms with Crippen LogP contribution in [0, 0.1) is 0 Å². The largest absolute Gasteiger partial charge is 0.573 e. The first-order valence-corrected chi connectivity index (χ1v) is 12.0. The van der Waals surface area contributed by atoms with Crippen molar-refractivity contribution in [2.45, 2.75) is 49.0 Å². The van der Waals surface area contributed by atoms with Gasteiger partial charge in [-0.2, -0.15) is 0 Å². The third-order valence-electron chi connectivity index (χ3n) is 5.61. The Labute approximate surface area is 194 Å². The Hall–Kier alpha value is -3.12. The summed E-state index contributed by atoms with van der Waals surface area (Å²) in [6.07, 6.45) is 4.48. The lowest BCUT2D eigenvalue weighted by atomic mass is 9.91. The molecule has 0 radical (unpaired) electrons. The van der Waals surface area contributed by atoms with E-state index in [1.807, 2.05) is 10.8 Å². The van der Waals surface area contributed by atoms with E-state index in [1.54, 1.807) is 24.7 Å². The molecule has 0 bridgehead atoms. The number of halogens is 3. The van der Waals surface area contributed by atoms with Gasteiger partial charge in [-0.3, -0.25) is 0 Å². The van der Waals surface area contributed by atoms with Crippen LogP contribution in [0.4, 0.5) is 13.2 Å². The van der Waals surface area contributed by atoms with E-state index in [9.17, 15) is 21.6 Å². The summed E-state index contributed by atoms with van der Waals surface area (Å²) in [6.45, 7) is 0. The van der Waals surface area contributed by atoms with E-state index in [0.717, 1.165) is 25.0 Å². The van der Waals surface area contributed by atoms with Gasteiger partial charge in [-0.1, -0.05) is 0 Å². The topological polar surface area (TPSA) is 95.3 Å². The van der Waals surface area contributed by atoms with Crippen molar-refractivity contribution in [3.8, 4) is 22.8 Å². The smallest absolute Gasteiger partial charge is 0.481 e. The van der Waals surface area contributed by atoms with E-state index < -0.39 is 22.1 Å². The van der Waals surface area contributed by atoms with Gasteiger partial charge in [0, 0.05) is 42.3 Å². The molecule has 182 valence electrons. The number of sulfonamides is 1. The molecule has 1 aliphatic rings. The van der Waals surface area contributed by atoms with E-state index in [2.05, 4.69) is 19.4 Å². The highest BCUT2D eigenvalue weighted by atomic mass is 32.2. The van der Waals surface area contributed by atoms with E-state index >= 15 is 0 Å². The molecule has 0 aliphatic heterocycles. The number of imidazole rings is 1. The Morgan fingerprint density at radius 3 is 2.71 bits per heavy atom. The van der Waals surface area contributed by atoms with Gasteiger partial charge in [-0.15, -0.1) is 13.2 Å². The average Bonchev–Trinajstić information content (AvgIpc) is 3.33. The fraction of sp³-hybridized carbons (Fsp3) is 0.364. The Balaban J connectivity index is 1.66. The number of ether oxygens (including phenoxy) is 2. The zero-order valence-corrected chi connectivity index (χ0v) is 19.0. The lowest BCUT2D eigenvalue weighted by molar-refractivity contribution is -0.274. The molecule has 12 heteroatoms. The van der Waals surface area contributed by atoms with Crippen molar-refractivity contribution in [1.29, 1.82) is 0 Å². The minimum absolute atomic E-state index is 0.0825. The van der Waals surface area contributed by atoms with Crippen LogP contribution in [0.1, 0.15) is 31.7 Å². The molecular weight excluding hydrogens is 473 g/mol. The second kappa shape index (κ2) is 9.63. The molecule has 1 aromatic carbocycles. The number of nitrogens with zero attached hydrogens (tertiary/aromatic N) is 3. The van der Waals surface area contributed by atoms with Gasteiger partial charge < -0.3 is 14.0 Å². The zero-order valence-electron chi connectivity index (χ0n) is 18.2. The molecule has 2 heterocycles. The third-order valence-corrected chi connectivity index (χ3v) is 7.11. The lowest BCUT2D eigenvalue weighted by Crippen LogP contribution is -2.38. The number of rotatable bonds is 7. The maximum atomic E-state index is 13.2. The number of nitrogens with one attached hydrogen (secondary N) is 1. The van der Waals surface area contributed by atoms with Crippen LogP contribution in [0.3, 0.4) is 0 Å². The summed E-state index contributed by atoms with van der Waals surface area (Å²) in [5, 5.41) is 0. The number of hydrogen-bond acceptors (Lipinski definition) is 6. The van der Waals surface area contributed by atoms with Gasteiger partial charge >= 0.3 is 6.36 Å². The molecule has 0 spiro atoms. The van der Waals surface area contributed by atoms with Crippen molar-refractivity contribution < 1.29 is 31.1 Å². The van der Waals surface area contributed by atoms with E-state index in [0.29, 0.717) is 18.4 Å². The van der Waals surface area contributed by atoms with Crippen LogP contribution in [0.15, 0.2) is 60.1 Å². The minimum Gasteiger partial charge on any atom is -0.481 e. The maximum Gasteiger partial charge on any atom is 0.573 e. The van der Waals surface area contributed by atoms with Crippen LogP contribution >= 0.6 is 0 Å². The molecule has 0 amide bonds. The number of alkyl halides is 3. The van der Waals surface area contributed by atoms with Crippen LogP contribution in [0.5, 0.6) is 11.6 Å². The Kier molecular flexibility index (Phi) is 6.80. The van der Waals surface area contributed by atoms with Crippen molar-refractivity contribution in [1.82, 2.24) is 19.3 Å². The molecule has 0 saturated heterocycles. The highest BCUT2D eigenvalue weighted by Gasteiger charge is 2.33. The summed E-state index contributed by atoms with van der Waals surface area (Å²) >= 11 is 0. The van der Waals surface area contributed by atoms with Crippen LogP contribution in [0.25, 0.3) is 11.1 Å². The molecule has 1 fully saturated rings. The second-order valence-corrected chi connectivity index (χ2v) is 9.66. The summed E-state index contributed by atoms with van der Waals surface area (Å²) < 4.78 is 79.2. The number of methoxy groups -OCH3 is 1. The van der Waals surface area contributed by atoms with Crippen LogP contribution < -0.4 is 14.2 Å². The van der Waals surface area contributed by atoms with Crippen LogP contribution in [-0.2, 0) is 10.0 Å². The summed E-state index contributed by atoms with van der Waals surface area (Å²) in [6, 6.07) is 6.08. The van der Waals surface area contributed by atoms with Gasteiger partial charge in [0.05, 0.1) is 18.3 Å². The standard InChI is InChI=1S/C22H23F3N4O4S/c1-32-21-20(6-3-7-27-21)15-10-18(33-22(23,24)25)13-19(11-15)34(30,31)28-16-4-2-5-17(12-16)29-9-8-26-14-29/h3,6-11,13-14,16-17,28H,2,4-5,12H2,1H3. The van der Waals surface area contributed by atoms with Crippen molar-refractivity contribution in [2.75, 3.05) is 7.11 Å². The number of benzene rings is 1. The maximum absolute atomic E-state index is 13.2. The molecular formula is C22H23F3N4O4S. The second-order valence-electron chi connectivity index (χ2n) is 7.95. The predicted molar refractivity (Wildman–Crippen MR) is 117 cm³/mol. The van der Waals surface area contributed by atoms with Crippen LogP contribution in [-0.4, -0.2) is 42.5 Å². The van der Waals surface area contributed by atoms with Crippen molar-refractivity contribution in [2.24, 2.45) is 0 Å². The first-order chi connectivity index (χ1) is 16.1. The quantitative estimate of drug-likeness (QED) is 0.524. The van der Waals surface area contributed by atoms with E-state index in [-0.39, 0.29) is 28.4 Å². The van der Waals surface area contributed by atoms with Crippen molar-refractivity contribution >= 4 is 10.0 Å². The SMILES string of the molecule is COc1ncccc1-c1cc(OC(F)(F)F)cc(S(=O)(=O)NC2CCCC(n3ccnc3)C2)c1. The highest BCUT2D eigenvalue weighted by Crippen LogP contribution is 2.35. The zero-order chi connectivity index (χ0) is 24.3. The van der Waals surface area contributed by atoms with Gasteiger partial charge in [0.25, 0.3) is 0 Å². The number of hydrogen-bond donors (Lipinski definition) is 1. The molecule has 3 aromatic rings. The Morgan fingerprint density at radius 1 is 1.18 bits per heavy atom. The summed E-state index contributed by atoms with van der Waals surface area (Å²) in [5.41, 5.74) is 0.485. The molecule has 2 atom stereocenters. The van der Waals surface area contributed by atoms with E-state index in [1.165, 1.54) is 19.4 Å². The molecule has 4 rings (SSSR count). The molecule has 1 N–H and O–H groups in total. The monoisotopic (exact) mass is 496 g/mol. The van der Waals surface area contributed by atoms with Gasteiger partial charge in [0.2, 0.25) is 15.9 Å². The van der Waals surface area contributed by atoms with Gasteiger partial charge in [-0.25, -0.2) is 23.1 Å². The highest BCUT2D eigenvalue weighted by molar-refractivity contribution is 7.89. The Bertz CT molecular complexity index is 1230. The number of pyridine rings is 1. The minimum atomic E-state index is -4.99. The predicted octanol–water partition coefficient (Wildman–Crippen LogP) is 4.31. The first kappa shape index (κ1) is 24.0. The fourth-order valence-electron chi connectivity index (χ4n) is 4.16.